The van der Waals surface area contributed by atoms with Gasteiger partial charge in [0, 0.05) is 23.7 Å². The zero-order valence-corrected chi connectivity index (χ0v) is 18.9. The van der Waals surface area contributed by atoms with Crippen molar-refractivity contribution in [3.63, 3.8) is 0 Å². The lowest BCUT2D eigenvalue weighted by Gasteiger charge is -2.42. The number of pyridine rings is 1. The molecular formula is C26H31NO3. The normalized spacial score (nSPS) is 15.9. The molecule has 0 saturated carbocycles. The highest BCUT2D eigenvalue weighted by atomic mass is 16.5. The number of ether oxygens (including phenoxy) is 2. The third-order valence-corrected chi connectivity index (χ3v) is 5.38. The fourth-order valence-corrected chi connectivity index (χ4v) is 4.18. The molecule has 158 valence electrons. The van der Waals surface area contributed by atoms with E-state index >= 15 is 0 Å². The van der Waals surface area contributed by atoms with Crippen LogP contribution in [0.2, 0.25) is 0 Å². The average Bonchev–Trinajstić information content (AvgIpc) is 2.64. The molecule has 4 heteroatoms. The highest BCUT2D eigenvalue weighted by Crippen LogP contribution is 2.45. The molecular weight excluding hydrogens is 374 g/mol. The molecule has 2 heterocycles. The largest absolute Gasteiger partial charge is 0.488 e. The van der Waals surface area contributed by atoms with Crippen LogP contribution in [0.4, 0.5) is 0 Å². The lowest BCUT2D eigenvalue weighted by atomic mass is 9.73. The van der Waals surface area contributed by atoms with Gasteiger partial charge in [0.25, 0.3) is 0 Å². The molecule has 0 unspecified atom stereocenters. The molecule has 0 saturated heterocycles. The Kier molecular flexibility index (Phi) is 6.22. The van der Waals surface area contributed by atoms with Gasteiger partial charge in [-0.15, -0.1) is 0 Å². The number of nitrogens with zero attached hydrogens (tertiary/aromatic N) is 1. The van der Waals surface area contributed by atoms with Gasteiger partial charge in [0.2, 0.25) is 0 Å². The molecule has 0 fully saturated rings. The minimum Gasteiger partial charge on any atom is -0.488 e. The van der Waals surface area contributed by atoms with E-state index in [4.69, 9.17) is 9.47 Å². The standard InChI is InChI=1S/C26H31NO3/c1-7-29-24(28)13-9-19-8-11-21(27-16-19)12-10-20-15-22-23(14-18(20)2)30-26(5,6)17-25(22,3)4/h8,11,14-16H,7,9,13,17H2,1-6H3. The fourth-order valence-electron chi connectivity index (χ4n) is 4.18. The van der Waals surface area contributed by atoms with Crippen LogP contribution in [0.3, 0.4) is 0 Å². The Morgan fingerprint density at radius 3 is 2.63 bits per heavy atom. The van der Waals surface area contributed by atoms with Crippen molar-refractivity contribution in [2.45, 2.75) is 71.8 Å². The van der Waals surface area contributed by atoms with Gasteiger partial charge in [-0.2, -0.15) is 0 Å². The first kappa shape index (κ1) is 21.9. The van der Waals surface area contributed by atoms with Crippen molar-refractivity contribution in [2.24, 2.45) is 0 Å². The Morgan fingerprint density at radius 1 is 1.20 bits per heavy atom. The SMILES string of the molecule is CCOC(=O)CCc1ccc(C#Cc2cc3c(cc2C)OC(C)(C)CC3(C)C)nc1. The molecule has 3 rings (SSSR count). The van der Waals surface area contributed by atoms with Gasteiger partial charge in [-0.3, -0.25) is 4.79 Å². The van der Waals surface area contributed by atoms with E-state index in [9.17, 15) is 4.79 Å². The Balaban J connectivity index is 1.78. The van der Waals surface area contributed by atoms with Crippen LogP contribution in [-0.4, -0.2) is 23.2 Å². The molecule has 1 aromatic heterocycles. The predicted molar refractivity (Wildman–Crippen MR) is 119 cm³/mol. The molecule has 0 spiro atoms. The molecule has 1 aliphatic heterocycles. The molecule has 1 aliphatic rings. The summed E-state index contributed by atoms with van der Waals surface area (Å²) in [5.41, 5.74) is 4.87. The van der Waals surface area contributed by atoms with E-state index in [0.717, 1.165) is 28.9 Å². The lowest BCUT2D eigenvalue weighted by Crippen LogP contribution is -2.41. The van der Waals surface area contributed by atoms with Crippen molar-refractivity contribution in [2.75, 3.05) is 6.61 Å². The predicted octanol–water partition coefficient (Wildman–Crippen LogP) is 5.12. The van der Waals surface area contributed by atoms with Gasteiger partial charge in [-0.25, -0.2) is 4.98 Å². The number of carbonyl (C=O) groups is 1. The second-order valence-corrected chi connectivity index (χ2v) is 9.19. The monoisotopic (exact) mass is 405 g/mol. The minimum atomic E-state index is -0.181. The maximum Gasteiger partial charge on any atom is 0.306 e. The van der Waals surface area contributed by atoms with E-state index in [2.05, 4.69) is 63.6 Å². The first-order chi connectivity index (χ1) is 14.1. The zero-order chi connectivity index (χ0) is 21.9. The second-order valence-electron chi connectivity index (χ2n) is 9.19. The number of aryl methyl sites for hydroxylation is 2. The molecule has 0 amide bonds. The van der Waals surface area contributed by atoms with Crippen LogP contribution < -0.4 is 4.74 Å². The van der Waals surface area contributed by atoms with Crippen molar-refractivity contribution in [1.82, 2.24) is 4.98 Å². The van der Waals surface area contributed by atoms with E-state index < -0.39 is 0 Å². The number of carbonyl (C=O) groups excluding carboxylic acids is 1. The third-order valence-electron chi connectivity index (χ3n) is 5.38. The van der Waals surface area contributed by atoms with Gasteiger partial charge in [-0.1, -0.05) is 25.8 Å². The summed E-state index contributed by atoms with van der Waals surface area (Å²) in [5.74, 6) is 7.23. The maximum atomic E-state index is 11.5. The van der Waals surface area contributed by atoms with Crippen LogP contribution in [0, 0.1) is 18.8 Å². The van der Waals surface area contributed by atoms with Crippen LogP contribution in [0.1, 0.15) is 75.4 Å². The molecule has 0 radical (unpaired) electrons. The van der Waals surface area contributed by atoms with Gasteiger partial charge < -0.3 is 9.47 Å². The van der Waals surface area contributed by atoms with Crippen molar-refractivity contribution < 1.29 is 14.3 Å². The summed E-state index contributed by atoms with van der Waals surface area (Å²) in [6.45, 7) is 13.1. The average molecular weight is 406 g/mol. The Bertz CT molecular complexity index is 991. The number of benzene rings is 1. The number of rotatable bonds is 4. The van der Waals surface area contributed by atoms with E-state index in [1.165, 1.54) is 5.56 Å². The van der Waals surface area contributed by atoms with Crippen LogP contribution in [0.25, 0.3) is 0 Å². The summed E-state index contributed by atoms with van der Waals surface area (Å²) < 4.78 is 11.2. The third kappa shape index (κ3) is 5.21. The highest BCUT2D eigenvalue weighted by Gasteiger charge is 2.39. The molecule has 0 bridgehead atoms. The van der Waals surface area contributed by atoms with Crippen LogP contribution in [0.5, 0.6) is 5.75 Å². The number of fused-ring (bicyclic) bond motifs is 1. The molecule has 0 aliphatic carbocycles. The topological polar surface area (TPSA) is 48.4 Å². The summed E-state index contributed by atoms with van der Waals surface area (Å²) >= 11 is 0. The smallest absolute Gasteiger partial charge is 0.306 e. The van der Waals surface area contributed by atoms with Gasteiger partial charge in [0.15, 0.2) is 0 Å². The Hall–Kier alpha value is -2.80. The Labute approximate surface area is 180 Å². The van der Waals surface area contributed by atoms with Gasteiger partial charge >= 0.3 is 5.97 Å². The van der Waals surface area contributed by atoms with Gasteiger partial charge in [-0.05, 0) is 81.2 Å². The van der Waals surface area contributed by atoms with Crippen LogP contribution in [-0.2, 0) is 21.4 Å². The summed E-state index contributed by atoms with van der Waals surface area (Å²) in [4.78, 5) is 15.9. The van der Waals surface area contributed by atoms with Crippen molar-refractivity contribution in [3.8, 4) is 17.6 Å². The molecule has 30 heavy (non-hydrogen) atoms. The van der Waals surface area contributed by atoms with E-state index in [-0.39, 0.29) is 17.0 Å². The number of aromatic nitrogens is 1. The molecule has 2 aromatic rings. The van der Waals surface area contributed by atoms with Crippen LogP contribution >= 0.6 is 0 Å². The first-order valence-electron chi connectivity index (χ1n) is 10.6. The quantitative estimate of drug-likeness (QED) is 0.523. The fraction of sp³-hybridized carbons (Fsp3) is 0.462. The summed E-state index contributed by atoms with van der Waals surface area (Å²) in [6.07, 6.45) is 3.72. The Morgan fingerprint density at radius 2 is 1.97 bits per heavy atom. The summed E-state index contributed by atoms with van der Waals surface area (Å²) in [5, 5.41) is 0. The second kappa shape index (κ2) is 8.52. The van der Waals surface area contributed by atoms with Crippen molar-refractivity contribution >= 4 is 5.97 Å². The van der Waals surface area contributed by atoms with E-state index in [1.54, 1.807) is 6.20 Å². The van der Waals surface area contributed by atoms with Crippen molar-refractivity contribution in [1.29, 1.82) is 0 Å². The lowest BCUT2D eigenvalue weighted by molar-refractivity contribution is -0.143. The molecule has 0 atom stereocenters. The van der Waals surface area contributed by atoms with Crippen molar-refractivity contribution in [3.05, 3.63) is 58.4 Å². The number of hydrogen-bond acceptors (Lipinski definition) is 4. The minimum absolute atomic E-state index is 0.0278. The van der Waals surface area contributed by atoms with Gasteiger partial charge in [0.05, 0.1) is 6.61 Å². The van der Waals surface area contributed by atoms with E-state index in [1.807, 2.05) is 19.1 Å². The zero-order valence-electron chi connectivity index (χ0n) is 18.9. The highest BCUT2D eigenvalue weighted by molar-refractivity contribution is 5.69. The number of hydrogen-bond donors (Lipinski definition) is 0. The molecule has 4 nitrogen and oxygen atoms in total. The van der Waals surface area contributed by atoms with E-state index in [0.29, 0.717) is 25.1 Å². The first-order valence-corrected chi connectivity index (χ1v) is 10.6. The van der Waals surface area contributed by atoms with Crippen LogP contribution in [0.15, 0.2) is 30.5 Å². The van der Waals surface area contributed by atoms with Gasteiger partial charge in [0.1, 0.15) is 17.0 Å². The summed E-state index contributed by atoms with van der Waals surface area (Å²) in [7, 11) is 0. The molecule has 1 aromatic carbocycles. The molecule has 0 N–H and O–H groups in total. The summed E-state index contributed by atoms with van der Waals surface area (Å²) in [6, 6.07) is 8.14. The number of esters is 1. The maximum absolute atomic E-state index is 11.5.